The van der Waals surface area contributed by atoms with Crippen LogP contribution in [0.1, 0.15) is 5.56 Å². The van der Waals surface area contributed by atoms with Gasteiger partial charge < -0.3 is 15.4 Å². The summed E-state index contributed by atoms with van der Waals surface area (Å²) in [5.41, 5.74) is 5.61. The largest absolute Gasteiger partial charge is 0.488 e. The fourth-order valence-electron chi connectivity index (χ4n) is 3.81. The number of benzene rings is 2. The summed E-state index contributed by atoms with van der Waals surface area (Å²) in [6, 6.07) is 13.3. The number of hydrogen-bond donors (Lipinski definition) is 1. The number of nitrogens with zero attached hydrogens (tertiary/aromatic N) is 2. The first kappa shape index (κ1) is 18.3. The highest BCUT2D eigenvalue weighted by molar-refractivity contribution is 7.90. The highest BCUT2D eigenvalue weighted by Crippen LogP contribution is 2.48. The molecular weight excluding hydrogens is 382 g/mol. The number of amides is 3. The van der Waals surface area contributed by atoms with Crippen LogP contribution in [0.5, 0.6) is 5.75 Å². The second-order valence-electron chi connectivity index (χ2n) is 7.03. The van der Waals surface area contributed by atoms with Gasteiger partial charge in [0.2, 0.25) is 5.91 Å². The lowest BCUT2D eigenvalue weighted by Crippen LogP contribution is -2.52. The Hall–Kier alpha value is -3.07. The van der Waals surface area contributed by atoms with Crippen LogP contribution in [0.15, 0.2) is 53.4 Å². The maximum absolute atomic E-state index is 13.2. The molecule has 0 bridgehead atoms. The van der Waals surface area contributed by atoms with E-state index in [4.69, 9.17) is 10.5 Å². The van der Waals surface area contributed by atoms with E-state index in [2.05, 4.69) is 0 Å². The molecule has 3 amide bonds. The Kier molecular flexibility index (Phi) is 4.07. The number of hydrogen-bond acceptors (Lipinski definition) is 5. The molecule has 2 N–H and O–H groups in total. The van der Waals surface area contributed by atoms with Crippen molar-refractivity contribution >= 4 is 27.5 Å². The lowest BCUT2D eigenvalue weighted by atomic mass is 9.88. The van der Waals surface area contributed by atoms with E-state index in [-0.39, 0.29) is 24.6 Å². The van der Waals surface area contributed by atoms with Crippen molar-refractivity contribution in [2.75, 3.05) is 30.9 Å². The Morgan fingerprint density at radius 3 is 2.57 bits per heavy atom. The number of primary amides is 1. The van der Waals surface area contributed by atoms with Crippen LogP contribution in [0, 0.1) is 0 Å². The van der Waals surface area contributed by atoms with Crippen molar-refractivity contribution in [3.05, 3.63) is 54.1 Å². The first-order valence-corrected chi connectivity index (χ1v) is 10.5. The van der Waals surface area contributed by atoms with E-state index < -0.39 is 27.3 Å². The average Bonchev–Trinajstić information content (AvgIpc) is 2.94. The predicted molar refractivity (Wildman–Crippen MR) is 102 cm³/mol. The smallest absolute Gasteiger partial charge is 0.326 e. The SMILES string of the molecule is CS(=O)(=O)c1ccc2c(c1)N1C(=O)N(CC(N)=O)CC1(c1ccccc1)CO2. The van der Waals surface area contributed by atoms with Crippen molar-refractivity contribution in [2.45, 2.75) is 10.4 Å². The molecule has 146 valence electrons. The number of carbonyl (C=O) groups excluding carboxylic acids is 2. The fraction of sp³-hybridized carbons (Fsp3) is 0.263. The third-order valence-electron chi connectivity index (χ3n) is 5.07. The molecule has 9 heteroatoms. The maximum atomic E-state index is 13.2. The molecule has 2 heterocycles. The van der Waals surface area contributed by atoms with E-state index >= 15 is 0 Å². The van der Waals surface area contributed by atoms with Crippen LogP contribution in [0.3, 0.4) is 0 Å². The molecule has 1 atom stereocenters. The summed E-state index contributed by atoms with van der Waals surface area (Å²) in [4.78, 5) is 27.7. The Labute approximate surface area is 162 Å². The van der Waals surface area contributed by atoms with Gasteiger partial charge in [-0.1, -0.05) is 30.3 Å². The summed E-state index contributed by atoms with van der Waals surface area (Å²) in [7, 11) is -3.48. The second-order valence-corrected chi connectivity index (χ2v) is 9.04. The highest BCUT2D eigenvalue weighted by atomic mass is 32.2. The molecular formula is C19H19N3O5S. The van der Waals surface area contributed by atoms with Crippen LogP contribution in [0.25, 0.3) is 0 Å². The summed E-state index contributed by atoms with van der Waals surface area (Å²) >= 11 is 0. The van der Waals surface area contributed by atoms with Gasteiger partial charge in [0, 0.05) is 6.26 Å². The molecule has 2 aromatic carbocycles. The van der Waals surface area contributed by atoms with Crippen LogP contribution >= 0.6 is 0 Å². The van der Waals surface area contributed by atoms with Crippen molar-refractivity contribution in [1.29, 1.82) is 0 Å². The minimum atomic E-state index is -3.48. The lowest BCUT2D eigenvalue weighted by Gasteiger charge is -2.41. The second kappa shape index (κ2) is 6.23. The molecule has 8 nitrogen and oxygen atoms in total. The minimum Gasteiger partial charge on any atom is -0.488 e. The average molecular weight is 401 g/mol. The Morgan fingerprint density at radius 2 is 1.93 bits per heavy atom. The van der Waals surface area contributed by atoms with Gasteiger partial charge in [-0.05, 0) is 23.8 Å². The monoisotopic (exact) mass is 401 g/mol. The van der Waals surface area contributed by atoms with Crippen molar-refractivity contribution in [1.82, 2.24) is 4.90 Å². The number of ether oxygens (including phenoxy) is 1. The number of sulfone groups is 1. The topological polar surface area (TPSA) is 110 Å². The summed E-state index contributed by atoms with van der Waals surface area (Å²) in [5.74, 6) is -0.212. The Balaban J connectivity index is 1.91. The van der Waals surface area contributed by atoms with E-state index in [1.54, 1.807) is 6.07 Å². The molecule has 2 aliphatic heterocycles. The van der Waals surface area contributed by atoms with Gasteiger partial charge in [0.1, 0.15) is 24.4 Å². The van der Waals surface area contributed by atoms with Gasteiger partial charge >= 0.3 is 6.03 Å². The molecule has 0 aromatic heterocycles. The van der Waals surface area contributed by atoms with Crippen LogP contribution < -0.4 is 15.4 Å². The Bertz CT molecular complexity index is 1070. The van der Waals surface area contributed by atoms with Gasteiger partial charge in [-0.15, -0.1) is 0 Å². The molecule has 1 unspecified atom stereocenters. The number of rotatable bonds is 4. The van der Waals surface area contributed by atoms with E-state index in [1.807, 2.05) is 30.3 Å². The van der Waals surface area contributed by atoms with E-state index in [0.29, 0.717) is 11.4 Å². The third-order valence-corrected chi connectivity index (χ3v) is 6.18. The molecule has 0 spiro atoms. The van der Waals surface area contributed by atoms with Gasteiger partial charge in [-0.2, -0.15) is 0 Å². The van der Waals surface area contributed by atoms with Gasteiger partial charge in [0.15, 0.2) is 9.84 Å². The van der Waals surface area contributed by atoms with Crippen molar-refractivity contribution in [2.24, 2.45) is 5.73 Å². The number of anilines is 1. The van der Waals surface area contributed by atoms with Crippen LogP contribution in [0.4, 0.5) is 10.5 Å². The first-order chi connectivity index (χ1) is 13.2. The summed E-state index contributed by atoms with van der Waals surface area (Å²) < 4.78 is 30.0. The van der Waals surface area contributed by atoms with Crippen LogP contribution in [0.2, 0.25) is 0 Å². The van der Waals surface area contributed by atoms with Crippen molar-refractivity contribution in [3.63, 3.8) is 0 Å². The van der Waals surface area contributed by atoms with E-state index in [0.717, 1.165) is 11.8 Å². The first-order valence-electron chi connectivity index (χ1n) is 8.62. The van der Waals surface area contributed by atoms with E-state index in [9.17, 15) is 18.0 Å². The summed E-state index contributed by atoms with van der Waals surface area (Å²) in [6.07, 6.45) is 1.11. The molecule has 1 fully saturated rings. The third kappa shape index (κ3) is 2.78. The Morgan fingerprint density at radius 1 is 1.21 bits per heavy atom. The zero-order valence-electron chi connectivity index (χ0n) is 15.2. The standard InChI is InChI=1S/C19H19N3O5S/c1-28(25,26)14-7-8-16-15(9-14)22-18(24)21(10-17(20)23)11-19(22,12-27-16)13-5-3-2-4-6-13/h2-9H,10-12H2,1H3,(H2,20,23). The zero-order chi connectivity index (χ0) is 20.1. The van der Waals surface area contributed by atoms with Crippen molar-refractivity contribution in [3.8, 4) is 5.75 Å². The zero-order valence-corrected chi connectivity index (χ0v) is 16.0. The van der Waals surface area contributed by atoms with Gasteiger partial charge in [-0.25, -0.2) is 13.2 Å². The highest BCUT2D eigenvalue weighted by Gasteiger charge is 2.55. The van der Waals surface area contributed by atoms with Gasteiger partial charge in [0.05, 0.1) is 17.1 Å². The molecule has 2 aliphatic rings. The number of urea groups is 1. The van der Waals surface area contributed by atoms with E-state index in [1.165, 1.54) is 21.9 Å². The quantitative estimate of drug-likeness (QED) is 0.825. The number of nitrogens with two attached hydrogens (primary N) is 1. The number of fused-ring (bicyclic) bond motifs is 3. The van der Waals surface area contributed by atoms with Crippen molar-refractivity contribution < 1.29 is 22.7 Å². The summed E-state index contributed by atoms with van der Waals surface area (Å²) in [5, 5.41) is 0. The molecule has 2 aromatic rings. The lowest BCUT2D eigenvalue weighted by molar-refractivity contribution is -0.118. The summed E-state index contributed by atoms with van der Waals surface area (Å²) in [6.45, 7) is 0.135. The van der Waals surface area contributed by atoms with Crippen LogP contribution in [-0.2, 0) is 20.2 Å². The fourth-order valence-corrected chi connectivity index (χ4v) is 4.45. The molecule has 28 heavy (non-hydrogen) atoms. The maximum Gasteiger partial charge on any atom is 0.326 e. The molecule has 0 aliphatic carbocycles. The number of carbonyl (C=O) groups is 2. The molecule has 0 radical (unpaired) electrons. The minimum absolute atomic E-state index is 0.0832. The normalized spacial score (nSPS) is 21.1. The molecule has 1 saturated heterocycles. The van der Waals surface area contributed by atoms with Gasteiger partial charge in [0.25, 0.3) is 0 Å². The molecule has 0 saturated carbocycles. The van der Waals surface area contributed by atoms with Gasteiger partial charge in [-0.3, -0.25) is 9.69 Å². The van der Waals surface area contributed by atoms with Crippen LogP contribution in [-0.4, -0.2) is 51.2 Å². The predicted octanol–water partition coefficient (Wildman–Crippen LogP) is 1.11. The molecule has 4 rings (SSSR count).